The van der Waals surface area contributed by atoms with E-state index in [0.29, 0.717) is 22.2 Å². The Hall–Kier alpha value is -2.32. The number of benzene rings is 1. The fourth-order valence-corrected chi connectivity index (χ4v) is 3.29. The maximum absolute atomic E-state index is 12.2. The molecule has 2 aromatic rings. The van der Waals surface area contributed by atoms with E-state index in [2.05, 4.69) is 11.4 Å². The summed E-state index contributed by atoms with van der Waals surface area (Å²) in [6.07, 6.45) is 4.99. The zero-order valence-electron chi connectivity index (χ0n) is 12.0. The van der Waals surface area contributed by atoms with E-state index < -0.39 is 0 Å². The van der Waals surface area contributed by atoms with Gasteiger partial charge in [-0.3, -0.25) is 4.79 Å². The molecule has 1 aliphatic rings. The summed E-state index contributed by atoms with van der Waals surface area (Å²) in [6, 6.07) is 10.9. The third-order valence-corrected chi connectivity index (χ3v) is 4.56. The summed E-state index contributed by atoms with van der Waals surface area (Å²) in [4.78, 5) is 12.2. The van der Waals surface area contributed by atoms with Gasteiger partial charge in [-0.25, -0.2) is 0 Å². The fraction of sp³-hybridized carbons (Fsp3) is 0.294. The normalized spacial score (nSPS) is 14.5. The molecule has 3 rings (SSSR count). The highest BCUT2D eigenvalue weighted by Gasteiger charge is 2.16. The van der Waals surface area contributed by atoms with Crippen molar-refractivity contribution >= 4 is 22.2 Å². The molecule has 0 saturated heterocycles. The summed E-state index contributed by atoms with van der Waals surface area (Å²) >= 11 is 1.34. The molecular formula is C17H16N2O2S. The van der Waals surface area contributed by atoms with E-state index in [1.807, 2.05) is 12.1 Å². The van der Waals surface area contributed by atoms with Gasteiger partial charge in [-0.15, -0.1) is 11.3 Å². The fourth-order valence-electron chi connectivity index (χ4n) is 2.55. The number of amides is 1. The highest BCUT2D eigenvalue weighted by Crippen LogP contribution is 2.25. The highest BCUT2D eigenvalue weighted by atomic mass is 32.1. The molecule has 1 aromatic heterocycles. The Labute approximate surface area is 133 Å². The van der Waals surface area contributed by atoms with Crippen LogP contribution in [-0.2, 0) is 0 Å². The van der Waals surface area contributed by atoms with Crippen molar-refractivity contribution in [2.75, 3.05) is 5.32 Å². The molecule has 1 aliphatic carbocycles. The minimum atomic E-state index is -0.216. The Morgan fingerprint density at radius 1 is 1.23 bits per heavy atom. The summed E-state index contributed by atoms with van der Waals surface area (Å²) in [5.74, 6) is 0.587. The van der Waals surface area contributed by atoms with Crippen LogP contribution in [0.4, 0.5) is 5.00 Å². The largest absolute Gasteiger partial charge is 0.490 e. The topological polar surface area (TPSA) is 62.1 Å². The molecule has 1 fully saturated rings. The number of nitrogens with one attached hydrogen (secondary N) is 1. The predicted molar refractivity (Wildman–Crippen MR) is 86.3 cm³/mol. The first-order valence-electron chi connectivity index (χ1n) is 7.32. The molecule has 0 radical (unpaired) electrons. The maximum Gasteiger partial charge on any atom is 0.256 e. The van der Waals surface area contributed by atoms with Crippen molar-refractivity contribution in [1.82, 2.24) is 0 Å². The summed E-state index contributed by atoms with van der Waals surface area (Å²) < 4.78 is 5.88. The lowest BCUT2D eigenvalue weighted by atomic mass is 10.2. The maximum atomic E-state index is 12.2. The Morgan fingerprint density at radius 2 is 1.95 bits per heavy atom. The minimum absolute atomic E-state index is 0.216. The van der Waals surface area contributed by atoms with Crippen LogP contribution in [0, 0.1) is 11.3 Å². The summed E-state index contributed by atoms with van der Waals surface area (Å²) in [5.41, 5.74) is 1.04. The molecule has 1 aromatic carbocycles. The average molecular weight is 312 g/mol. The molecule has 1 saturated carbocycles. The van der Waals surface area contributed by atoms with Gasteiger partial charge in [-0.1, -0.05) is 0 Å². The first kappa shape index (κ1) is 14.6. The van der Waals surface area contributed by atoms with Gasteiger partial charge in [0.1, 0.15) is 16.8 Å². The number of rotatable bonds is 4. The van der Waals surface area contributed by atoms with Gasteiger partial charge in [0.15, 0.2) is 0 Å². The van der Waals surface area contributed by atoms with Gasteiger partial charge in [0.25, 0.3) is 5.91 Å². The van der Waals surface area contributed by atoms with Crippen molar-refractivity contribution in [3.63, 3.8) is 0 Å². The summed E-state index contributed by atoms with van der Waals surface area (Å²) in [5, 5.41) is 14.1. The van der Waals surface area contributed by atoms with E-state index in [4.69, 9.17) is 10.00 Å². The van der Waals surface area contributed by atoms with Crippen LogP contribution < -0.4 is 10.1 Å². The number of hydrogen-bond donors (Lipinski definition) is 1. The molecule has 0 bridgehead atoms. The number of nitrogens with zero attached hydrogens (tertiary/aromatic N) is 1. The highest BCUT2D eigenvalue weighted by molar-refractivity contribution is 7.14. The summed E-state index contributed by atoms with van der Waals surface area (Å²) in [6.45, 7) is 0. The van der Waals surface area contributed by atoms with Gasteiger partial charge in [-0.2, -0.15) is 5.26 Å². The zero-order chi connectivity index (χ0) is 15.4. The van der Waals surface area contributed by atoms with Crippen molar-refractivity contribution in [2.24, 2.45) is 0 Å². The molecule has 1 amide bonds. The molecule has 22 heavy (non-hydrogen) atoms. The van der Waals surface area contributed by atoms with Crippen molar-refractivity contribution in [1.29, 1.82) is 5.26 Å². The van der Waals surface area contributed by atoms with Gasteiger partial charge in [0.2, 0.25) is 0 Å². The number of anilines is 1. The van der Waals surface area contributed by atoms with Crippen LogP contribution in [0.15, 0.2) is 35.7 Å². The quantitative estimate of drug-likeness (QED) is 0.920. The van der Waals surface area contributed by atoms with Crippen molar-refractivity contribution in [2.45, 2.75) is 31.8 Å². The van der Waals surface area contributed by atoms with Crippen LogP contribution in [0.25, 0.3) is 0 Å². The third-order valence-electron chi connectivity index (χ3n) is 3.73. The second kappa shape index (κ2) is 6.63. The van der Waals surface area contributed by atoms with Crippen LogP contribution >= 0.6 is 11.3 Å². The number of nitriles is 1. The number of carbonyl (C=O) groups is 1. The van der Waals surface area contributed by atoms with Gasteiger partial charge in [-0.05, 0) is 61.4 Å². The summed E-state index contributed by atoms with van der Waals surface area (Å²) in [7, 11) is 0. The molecule has 5 heteroatoms. The van der Waals surface area contributed by atoms with Crippen LogP contribution in [-0.4, -0.2) is 12.0 Å². The molecular weight excluding hydrogens is 296 g/mol. The lowest BCUT2D eigenvalue weighted by molar-refractivity contribution is 0.102. The van der Waals surface area contributed by atoms with Gasteiger partial charge in [0, 0.05) is 5.56 Å². The molecule has 112 valence electrons. The molecule has 0 unspecified atom stereocenters. The SMILES string of the molecule is N#Cc1ccsc1NC(=O)c1ccc(OC2CCCC2)cc1. The number of hydrogen-bond acceptors (Lipinski definition) is 4. The molecule has 0 atom stereocenters. The lowest BCUT2D eigenvalue weighted by Crippen LogP contribution is -2.13. The van der Waals surface area contributed by atoms with E-state index in [1.54, 1.807) is 23.6 Å². The monoisotopic (exact) mass is 312 g/mol. The second-order valence-electron chi connectivity index (χ2n) is 5.28. The van der Waals surface area contributed by atoms with Crippen molar-refractivity contribution < 1.29 is 9.53 Å². The first-order chi connectivity index (χ1) is 10.8. The van der Waals surface area contributed by atoms with Crippen LogP contribution in [0.2, 0.25) is 0 Å². The number of ether oxygens (including phenoxy) is 1. The molecule has 0 aliphatic heterocycles. The first-order valence-corrected chi connectivity index (χ1v) is 8.20. The zero-order valence-corrected chi connectivity index (χ0v) is 12.9. The van der Waals surface area contributed by atoms with E-state index in [9.17, 15) is 4.79 Å². The number of carbonyl (C=O) groups excluding carboxylic acids is 1. The Bertz CT molecular complexity index is 694. The third kappa shape index (κ3) is 3.29. The second-order valence-corrected chi connectivity index (χ2v) is 6.19. The van der Waals surface area contributed by atoms with E-state index in [1.165, 1.54) is 24.2 Å². The van der Waals surface area contributed by atoms with E-state index in [-0.39, 0.29) is 5.91 Å². The van der Waals surface area contributed by atoms with Gasteiger partial charge >= 0.3 is 0 Å². The Balaban J connectivity index is 1.64. The minimum Gasteiger partial charge on any atom is -0.490 e. The predicted octanol–water partition coefficient (Wildman–Crippen LogP) is 4.19. The number of thiophene rings is 1. The molecule has 1 N–H and O–H groups in total. The molecule has 4 nitrogen and oxygen atoms in total. The molecule has 0 spiro atoms. The van der Waals surface area contributed by atoms with E-state index in [0.717, 1.165) is 18.6 Å². The molecule has 1 heterocycles. The lowest BCUT2D eigenvalue weighted by Gasteiger charge is -2.13. The smallest absolute Gasteiger partial charge is 0.256 e. The van der Waals surface area contributed by atoms with Crippen LogP contribution in [0.5, 0.6) is 5.75 Å². The van der Waals surface area contributed by atoms with Gasteiger partial charge in [0.05, 0.1) is 11.7 Å². The van der Waals surface area contributed by atoms with Crippen molar-refractivity contribution in [3.05, 3.63) is 46.8 Å². The Kier molecular flexibility index (Phi) is 4.40. The Morgan fingerprint density at radius 3 is 2.64 bits per heavy atom. The van der Waals surface area contributed by atoms with E-state index >= 15 is 0 Å². The van der Waals surface area contributed by atoms with Crippen molar-refractivity contribution in [3.8, 4) is 11.8 Å². The van der Waals surface area contributed by atoms with Crippen LogP contribution in [0.1, 0.15) is 41.6 Å². The average Bonchev–Trinajstić information content (AvgIpc) is 3.19. The van der Waals surface area contributed by atoms with Gasteiger partial charge < -0.3 is 10.1 Å². The van der Waals surface area contributed by atoms with Crippen LogP contribution in [0.3, 0.4) is 0 Å². The standard InChI is InChI=1S/C17H16N2O2S/c18-11-13-9-10-22-17(13)19-16(20)12-5-7-15(8-6-12)21-14-3-1-2-4-14/h5-10,14H,1-4H2,(H,19,20).